The molecule has 0 radical (unpaired) electrons. The summed E-state index contributed by atoms with van der Waals surface area (Å²) in [5, 5.41) is 3.34. The second-order valence-corrected chi connectivity index (χ2v) is 4.42. The number of aryl methyl sites for hydroxylation is 1. The fourth-order valence-electron chi connectivity index (χ4n) is 2.14. The largest absolute Gasteiger partial charge is 0.496 e. The third-order valence-electron chi connectivity index (χ3n) is 3.13. The molecule has 1 aromatic carbocycles. The molecule has 3 nitrogen and oxygen atoms in total. The lowest BCUT2D eigenvalue weighted by Crippen LogP contribution is -2.19. The summed E-state index contributed by atoms with van der Waals surface area (Å²) < 4.78 is 10.6. The van der Waals surface area contributed by atoms with Gasteiger partial charge in [-0.1, -0.05) is 17.7 Å². The van der Waals surface area contributed by atoms with E-state index < -0.39 is 0 Å². The first-order valence-corrected chi connectivity index (χ1v) is 6.07. The molecule has 0 spiro atoms. The molecule has 0 aliphatic heterocycles. The molecule has 96 valence electrons. The van der Waals surface area contributed by atoms with E-state index in [1.807, 2.05) is 19.2 Å². The maximum Gasteiger partial charge on any atom is 0.123 e. The standard InChI is InChI=1S/C15H19NO2/c1-11-4-5-15(17-3)13(8-11)14(16-2)9-12-6-7-18-10-12/h4-8,10,14,16H,9H2,1-3H3. The lowest BCUT2D eigenvalue weighted by molar-refractivity contribution is 0.401. The second-order valence-electron chi connectivity index (χ2n) is 4.42. The maximum atomic E-state index is 5.44. The van der Waals surface area contributed by atoms with E-state index in [-0.39, 0.29) is 6.04 Å². The van der Waals surface area contributed by atoms with Crippen molar-refractivity contribution in [3.63, 3.8) is 0 Å². The molecular weight excluding hydrogens is 226 g/mol. The van der Waals surface area contributed by atoms with Crippen molar-refractivity contribution in [1.29, 1.82) is 0 Å². The van der Waals surface area contributed by atoms with Crippen LogP contribution in [0.1, 0.15) is 22.7 Å². The van der Waals surface area contributed by atoms with Crippen molar-refractivity contribution in [2.75, 3.05) is 14.2 Å². The number of likely N-dealkylation sites (N-methyl/N-ethyl adjacent to an activating group) is 1. The summed E-state index contributed by atoms with van der Waals surface area (Å²) in [7, 11) is 3.67. The van der Waals surface area contributed by atoms with Gasteiger partial charge in [0.05, 0.1) is 19.6 Å². The van der Waals surface area contributed by atoms with Crippen molar-refractivity contribution >= 4 is 0 Å². The van der Waals surface area contributed by atoms with E-state index in [0.29, 0.717) is 0 Å². The van der Waals surface area contributed by atoms with E-state index >= 15 is 0 Å². The van der Waals surface area contributed by atoms with Crippen LogP contribution in [0.25, 0.3) is 0 Å². The Morgan fingerprint density at radius 2 is 2.17 bits per heavy atom. The number of rotatable bonds is 5. The van der Waals surface area contributed by atoms with Crippen LogP contribution in [0.15, 0.2) is 41.2 Å². The quantitative estimate of drug-likeness (QED) is 0.879. The minimum atomic E-state index is 0.220. The van der Waals surface area contributed by atoms with E-state index in [2.05, 4.69) is 24.4 Å². The molecule has 1 heterocycles. The van der Waals surface area contributed by atoms with Gasteiger partial charge in [0.25, 0.3) is 0 Å². The highest BCUT2D eigenvalue weighted by Crippen LogP contribution is 2.28. The highest BCUT2D eigenvalue weighted by molar-refractivity contribution is 5.39. The topological polar surface area (TPSA) is 34.4 Å². The van der Waals surface area contributed by atoms with Crippen molar-refractivity contribution in [3.05, 3.63) is 53.5 Å². The zero-order valence-electron chi connectivity index (χ0n) is 11.1. The van der Waals surface area contributed by atoms with Gasteiger partial charge < -0.3 is 14.5 Å². The van der Waals surface area contributed by atoms with Crippen molar-refractivity contribution in [2.24, 2.45) is 0 Å². The first-order valence-electron chi connectivity index (χ1n) is 6.07. The van der Waals surface area contributed by atoms with Crippen LogP contribution in [0, 0.1) is 6.92 Å². The third-order valence-corrected chi connectivity index (χ3v) is 3.13. The van der Waals surface area contributed by atoms with Gasteiger partial charge in [-0.2, -0.15) is 0 Å². The minimum absolute atomic E-state index is 0.220. The molecule has 1 unspecified atom stereocenters. The van der Waals surface area contributed by atoms with Crippen LogP contribution in [0.4, 0.5) is 0 Å². The number of furan rings is 1. The summed E-state index contributed by atoms with van der Waals surface area (Å²) in [6, 6.07) is 8.46. The molecule has 0 aliphatic rings. The summed E-state index contributed by atoms with van der Waals surface area (Å²) in [6.45, 7) is 2.09. The summed E-state index contributed by atoms with van der Waals surface area (Å²) >= 11 is 0. The van der Waals surface area contributed by atoms with Crippen molar-refractivity contribution in [1.82, 2.24) is 5.32 Å². The molecular formula is C15H19NO2. The molecule has 0 amide bonds. The van der Waals surface area contributed by atoms with Gasteiger partial charge in [-0.3, -0.25) is 0 Å². The summed E-state index contributed by atoms with van der Waals surface area (Å²) in [4.78, 5) is 0. The predicted octanol–water partition coefficient (Wildman–Crippen LogP) is 3.10. The summed E-state index contributed by atoms with van der Waals surface area (Å²) in [6.07, 6.45) is 4.37. The van der Waals surface area contributed by atoms with Gasteiger partial charge in [-0.25, -0.2) is 0 Å². The molecule has 0 bridgehead atoms. The molecule has 0 saturated carbocycles. The number of benzene rings is 1. The third kappa shape index (κ3) is 2.74. The SMILES string of the molecule is CNC(Cc1ccoc1)c1cc(C)ccc1OC. The Balaban J connectivity index is 2.28. The molecule has 0 saturated heterocycles. The minimum Gasteiger partial charge on any atom is -0.496 e. The molecule has 18 heavy (non-hydrogen) atoms. The first kappa shape index (κ1) is 12.7. The van der Waals surface area contributed by atoms with Crippen molar-refractivity contribution < 1.29 is 9.15 Å². The highest BCUT2D eigenvalue weighted by Gasteiger charge is 2.15. The average molecular weight is 245 g/mol. The van der Waals surface area contributed by atoms with Crippen LogP contribution in [0.3, 0.4) is 0 Å². The Hall–Kier alpha value is -1.74. The number of methoxy groups -OCH3 is 1. The van der Waals surface area contributed by atoms with Gasteiger partial charge in [-0.15, -0.1) is 0 Å². The molecule has 0 aliphatic carbocycles. The fourth-order valence-corrected chi connectivity index (χ4v) is 2.14. The Morgan fingerprint density at radius 3 is 2.78 bits per heavy atom. The molecule has 1 atom stereocenters. The van der Waals surface area contributed by atoms with Crippen LogP contribution in [-0.2, 0) is 6.42 Å². The Labute approximate surface area is 108 Å². The Morgan fingerprint density at radius 1 is 1.33 bits per heavy atom. The van der Waals surface area contributed by atoms with Gasteiger partial charge in [0.1, 0.15) is 5.75 Å². The van der Waals surface area contributed by atoms with E-state index in [0.717, 1.165) is 12.2 Å². The molecule has 0 fully saturated rings. The average Bonchev–Trinajstić information content (AvgIpc) is 2.88. The molecule has 2 aromatic rings. The van der Waals surface area contributed by atoms with Crippen LogP contribution < -0.4 is 10.1 Å². The van der Waals surface area contributed by atoms with Gasteiger partial charge in [-0.05, 0) is 38.1 Å². The van der Waals surface area contributed by atoms with Gasteiger partial charge in [0.15, 0.2) is 0 Å². The predicted molar refractivity (Wildman–Crippen MR) is 71.9 cm³/mol. The lowest BCUT2D eigenvalue weighted by atomic mass is 9.98. The van der Waals surface area contributed by atoms with Crippen LogP contribution in [0.2, 0.25) is 0 Å². The number of hydrogen-bond acceptors (Lipinski definition) is 3. The first-order chi connectivity index (χ1) is 8.74. The molecule has 2 rings (SSSR count). The van der Waals surface area contributed by atoms with E-state index in [1.165, 1.54) is 16.7 Å². The summed E-state index contributed by atoms with van der Waals surface area (Å²) in [5.74, 6) is 0.920. The van der Waals surface area contributed by atoms with Gasteiger partial charge in [0.2, 0.25) is 0 Å². The zero-order valence-corrected chi connectivity index (χ0v) is 11.1. The zero-order chi connectivity index (χ0) is 13.0. The normalized spacial score (nSPS) is 12.4. The van der Waals surface area contributed by atoms with Gasteiger partial charge in [0, 0.05) is 11.6 Å². The maximum absolute atomic E-state index is 5.44. The van der Waals surface area contributed by atoms with Crippen LogP contribution >= 0.6 is 0 Å². The molecule has 3 heteroatoms. The van der Waals surface area contributed by atoms with E-state index in [4.69, 9.17) is 9.15 Å². The van der Waals surface area contributed by atoms with Crippen LogP contribution in [0.5, 0.6) is 5.75 Å². The van der Waals surface area contributed by atoms with E-state index in [9.17, 15) is 0 Å². The summed E-state index contributed by atoms with van der Waals surface area (Å²) in [5.41, 5.74) is 3.59. The van der Waals surface area contributed by atoms with Crippen molar-refractivity contribution in [2.45, 2.75) is 19.4 Å². The number of ether oxygens (including phenoxy) is 1. The fraction of sp³-hybridized carbons (Fsp3) is 0.333. The monoisotopic (exact) mass is 245 g/mol. The van der Waals surface area contributed by atoms with Crippen molar-refractivity contribution in [3.8, 4) is 5.75 Å². The number of hydrogen-bond donors (Lipinski definition) is 1. The van der Waals surface area contributed by atoms with Gasteiger partial charge >= 0.3 is 0 Å². The Bertz CT molecular complexity index is 491. The second kappa shape index (κ2) is 5.74. The van der Waals surface area contributed by atoms with Crippen LogP contribution in [-0.4, -0.2) is 14.2 Å². The highest BCUT2D eigenvalue weighted by atomic mass is 16.5. The molecule has 1 aromatic heterocycles. The Kier molecular flexibility index (Phi) is 4.05. The van der Waals surface area contributed by atoms with E-state index in [1.54, 1.807) is 19.6 Å². The number of nitrogens with one attached hydrogen (secondary N) is 1. The molecule has 1 N–H and O–H groups in total. The lowest BCUT2D eigenvalue weighted by Gasteiger charge is -2.19. The smallest absolute Gasteiger partial charge is 0.123 e.